The van der Waals surface area contributed by atoms with Crippen LogP contribution in [0.25, 0.3) is 0 Å². The van der Waals surface area contributed by atoms with Crippen molar-refractivity contribution in [3.05, 3.63) is 0 Å². The van der Waals surface area contributed by atoms with Crippen LogP contribution in [0.3, 0.4) is 0 Å². The lowest BCUT2D eigenvalue weighted by atomic mass is 9.70. The van der Waals surface area contributed by atoms with Crippen molar-refractivity contribution < 1.29 is 4.79 Å². The van der Waals surface area contributed by atoms with Crippen LogP contribution in [0.15, 0.2) is 0 Å². The van der Waals surface area contributed by atoms with Gasteiger partial charge in [0.2, 0.25) is 0 Å². The van der Waals surface area contributed by atoms with Crippen LogP contribution < -0.4 is 0 Å². The SMILES string of the molecule is CC(C)CC(=O)C[C@]1(C)C2C[C@@H]3[C@H](C2)C31C. The lowest BCUT2D eigenvalue weighted by Crippen LogP contribution is -2.30. The van der Waals surface area contributed by atoms with Gasteiger partial charge in [-0.25, -0.2) is 0 Å². The van der Waals surface area contributed by atoms with Gasteiger partial charge in [-0.3, -0.25) is 4.79 Å². The van der Waals surface area contributed by atoms with E-state index in [0.29, 0.717) is 22.5 Å². The first-order chi connectivity index (χ1) is 7.39. The normalized spacial score (nSPS) is 52.4. The quantitative estimate of drug-likeness (QED) is 0.706. The molecule has 4 aliphatic rings. The topological polar surface area (TPSA) is 17.1 Å². The van der Waals surface area contributed by atoms with Gasteiger partial charge in [-0.15, -0.1) is 0 Å². The molecule has 4 aliphatic carbocycles. The molecule has 0 radical (unpaired) electrons. The van der Waals surface area contributed by atoms with Crippen LogP contribution in [0.5, 0.6) is 0 Å². The van der Waals surface area contributed by atoms with E-state index in [0.717, 1.165) is 30.6 Å². The predicted molar refractivity (Wildman–Crippen MR) is 65.0 cm³/mol. The maximum absolute atomic E-state index is 12.1. The minimum Gasteiger partial charge on any atom is -0.300 e. The molecule has 0 aromatic heterocycles. The first-order valence-electron chi connectivity index (χ1n) is 6.91. The van der Waals surface area contributed by atoms with Gasteiger partial charge in [0.25, 0.3) is 0 Å². The molecule has 1 heteroatoms. The molecule has 2 unspecified atom stereocenters. The molecule has 0 aliphatic heterocycles. The molecule has 4 fully saturated rings. The molecule has 0 aromatic rings. The fourth-order valence-electron chi connectivity index (χ4n) is 5.30. The number of hydrogen-bond donors (Lipinski definition) is 0. The lowest BCUT2D eigenvalue weighted by molar-refractivity contribution is -0.123. The Bertz CT molecular complexity index is 331. The number of Topliss-reactive ketones (excluding diaryl/α,β-unsaturated/α-hetero) is 1. The second-order valence-electron chi connectivity index (χ2n) is 7.39. The molecule has 0 N–H and O–H groups in total. The second kappa shape index (κ2) is 2.91. The zero-order chi connectivity index (χ0) is 11.7. The highest BCUT2D eigenvalue weighted by Gasteiger charge is 2.81. The van der Waals surface area contributed by atoms with E-state index in [9.17, 15) is 4.79 Å². The molecular weight excluding hydrogens is 196 g/mol. The Balaban J connectivity index is 1.74. The Labute approximate surface area is 99.0 Å². The van der Waals surface area contributed by atoms with Crippen molar-refractivity contribution in [2.75, 3.05) is 0 Å². The molecule has 4 saturated carbocycles. The highest BCUT2D eigenvalue weighted by atomic mass is 16.1. The standard InChI is InChI=1S/C15H24O/c1-9(2)5-11(16)8-14(3)10-6-12-13(7-10)15(12,14)4/h9-10,12-13H,5-8H2,1-4H3/t10?,12-,13+,14-,15?/m1/s1. The van der Waals surface area contributed by atoms with Crippen LogP contribution >= 0.6 is 0 Å². The number of carbonyl (C=O) groups excluding carboxylic acids is 1. The third-order valence-electron chi connectivity index (χ3n) is 6.33. The van der Waals surface area contributed by atoms with Crippen molar-refractivity contribution >= 4 is 5.78 Å². The van der Waals surface area contributed by atoms with Crippen LogP contribution in [-0.4, -0.2) is 5.78 Å². The van der Waals surface area contributed by atoms with Crippen molar-refractivity contribution in [3.63, 3.8) is 0 Å². The summed E-state index contributed by atoms with van der Waals surface area (Å²) in [5, 5.41) is 0. The number of hydrogen-bond acceptors (Lipinski definition) is 1. The molecular formula is C15H24O. The Hall–Kier alpha value is -0.330. The fourth-order valence-corrected chi connectivity index (χ4v) is 5.30. The molecule has 0 aromatic carbocycles. The van der Waals surface area contributed by atoms with E-state index in [2.05, 4.69) is 27.7 Å². The van der Waals surface area contributed by atoms with E-state index in [-0.39, 0.29) is 0 Å². The molecule has 0 amide bonds. The highest BCUT2D eigenvalue weighted by Crippen LogP contribution is 2.86. The van der Waals surface area contributed by atoms with E-state index >= 15 is 0 Å². The summed E-state index contributed by atoms with van der Waals surface area (Å²) < 4.78 is 0. The summed E-state index contributed by atoms with van der Waals surface area (Å²) in [6.07, 6.45) is 4.49. The average Bonchev–Trinajstić information content (AvgIpc) is 2.49. The molecule has 16 heavy (non-hydrogen) atoms. The molecule has 5 atom stereocenters. The maximum atomic E-state index is 12.1. The van der Waals surface area contributed by atoms with Gasteiger partial charge in [0.15, 0.2) is 0 Å². The lowest BCUT2D eigenvalue weighted by Gasteiger charge is -2.33. The smallest absolute Gasteiger partial charge is 0.133 e. The first kappa shape index (κ1) is 10.8. The summed E-state index contributed by atoms with van der Waals surface area (Å²) >= 11 is 0. The van der Waals surface area contributed by atoms with Crippen LogP contribution in [0, 0.1) is 34.5 Å². The van der Waals surface area contributed by atoms with Crippen molar-refractivity contribution in [2.45, 2.75) is 53.4 Å². The Morgan fingerprint density at radius 2 is 1.81 bits per heavy atom. The van der Waals surface area contributed by atoms with Gasteiger partial charge >= 0.3 is 0 Å². The van der Waals surface area contributed by atoms with E-state index in [1.54, 1.807) is 0 Å². The van der Waals surface area contributed by atoms with Crippen molar-refractivity contribution in [1.29, 1.82) is 0 Å². The van der Waals surface area contributed by atoms with Crippen LogP contribution in [-0.2, 0) is 4.79 Å². The van der Waals surface area contributed by atoms with Gasteiger partial charge in [-0.05, 0) is 47.3 Å². The van der Waals surface area contributed by atoms with Gasteiger partial charge < -0.3 is 0 Å². The van der Waals surface area contributed by atoms with Gasteiger partial charge in [0.1, 0.15) is 5.78 Å². The highest BCUT2D eigenvalue weighted by molar-refractivity contribution is 5.79. The average molecular weight is 220 g/mol. The largest absolute Gasteiger partial charge is 0.300 e. The fraction of sp³-hybridized carbons (Fsp3) is 0.933. The van der Waals surface area contributed by atoms with E-state index in [1.807, 2.05) is 0 Å². The summed E-state index contributed by atoms with van der Waals surface area (Å²) in [7, 11) is 0. The summed E-state index contributed by atoms with van der Waals surface area (Å²) in [5.74, 6) is 3.86. The van der Waals surface area contributed by atoms with Crippen LogP contribution in [0.2, 0.25) is 0 Å². The van der Waals surface area contributed by atoms with Crippen molar-refractivity contribution in [2.24, 2.45) is 34.5 Å². The molecule has 90 valence electrons. The van der Waals surface area contributed by atoms with Gasteiger partial charge in [-0.2, -0.15) is 0 Å². The number of rotatable bonds is 4. The number of ketones is 1. The molecule has 0 heterocycles. The van der Waals surface area contributed by atoms with Crippen molar-refractivity contribution in [1.82, 2.24) is 0 Å². The zero-order valence-corrected chi connectivity index (χ0v) is 11.0. The Kier molecular flexibility index (Phi) is 1.97. The van der Waals surface area contributed by atoms with E-state index < -0.39 is 0 Å². The Morgan fingerprint density at radius 3 is 2.19 bits per heavy atom. The summed E-state index contributed by atoms with van der Waals surface area (Å²) in [6, 6.07) is 0. The predicted octanol–water partition coefficient (Wildman–Crippen LogP) is 3.67. The summed E-state index contributed by atoms with van der Waals surface area (Å²) in [4.78, 5) is 12.1. The summed E-state index contributed by atoms with van der Waals surface area (Å²) in [5.41, 5.74) is 0.901. The van der Waals surface area contributed by atoms with Crippen molar-refractivity contribution in [3.8, 4) is 0 Å². The van der Waals surface area contributed by atoms with E-state index in [1.165, 1.54) is 12.8 Å². The first-order valence-corrected chi connectivity index (χ1v) is 6.91. The minimum absolute atomic E-state index is 0.355. The summed E-state index contributed by atoms with van der Waals surface area (Å²) in [6.45, 7) is 9.16. The number of carbonyl (C=O) groups is 1. The van der Waals surface area contributed by atoms with Crippen LogP contribution in [0.1, 0.15) is 53.4 Å². The third-order valence-corrected chi connectivity index (χ3v) is 6.33. The molecule has 4 bridgehead atoms. The van der Waals surface area contributed by atoms with Gasteiger partial charge in [0.05, 0.1) is 0 Å². The second-order valence-corrected chi connectivity index (χ2v) is 7.39. The molecule has 0 spiro atoms. The molecule has 0 saturated heterocycles. The van der Waals surface area contributed by atoms with Gasteiger partial charge in [-0.1, -0.05) is 27.7 Å². The van der Waals surface area contributed by atoms with Crippen LogP contribution in [0.4, 0.5) is 0 Å². The third kappa shape index (κ3) is 1.05. The zero-order valence-electron chi connectivity index (χ0n) is 11.0. The molecule has 4 rings (SSSR count). The molecule has 1 nitrogen and oxygen atoms in total. The Morgan fingerprint density at radius 1 is 1.25 bits per heavy atom. The maximum Gasteiger partial charge on any atom is 0.133 e. The van der Waals surface area contributed by atoms with Gasteiger partial charge in [0, 0.05) is 12.8 Å². The van der Waals surface area contributed by atoms with E-state index in [4.69, 9.17) is 0 Å². The minimum atomic E-state index is 0.355. The monoisotopic (exact) mass is 220 g/mol.